The fourth-order valence-corrected chi connectivity index (χ4v) is 2.80. The van der Waals surface area contributed by atoms with Crippen LogP contribution in [0.5, 0.6) is 0 Å². The second-order valence-corrected chi connectivity index (χ2v) is 6.18. The second-order valence-electron chi connectivity index (χ2n) is 5.77. The second kappa shape index (κ2) is 8.84. The summed E-state index contributed by atoms with van der Waals surface area (Å²) < 4.78 is 18.3. The molecule has 1 aromatic rings. The summed E-state index contributed by atoms with van der Waals surface area (Å²) in [6.07, 6.45) is -0.397. The SMILES string of the molecule is CCOC(=O)N1CCN(C(=O)CN(C(C)=O)c2ccc(F)c(Cl)c2)CC1. The van der Waals surface area contributed by atoms with Gasteiger partial charge >= 0.3 is 6.09 Å². The first-order chi connectivity index (χ1) is 12.3. The van der Waals surface area contributed by atoms with E-state index in [2.05, 4.69) is 0 Å². The van der Waals surface area contributed by atoms with E-state index in [9.17, 15) is 18.8 Å². The van der Waals surface area contributed by atoms with E-state index in [-0.39, 0.29) is 23.4 Å². The lowest BCUT2D eigenvalue weighted by Gasteiger charge is -2.35. The third kappa shape index (κ3) is 4.85. The summed E-state index contributed by atoms with van der Waals surface area (Å²) in [5, 5.41) is -0.121. The lowest BCUT2D eigenvalue weighted by Crippen LogP contribution is -2.53. The van der Waals surface area contributed by atoms with Crippen LogP contribution in [0.3, 0.4) is 0 Å². The minimum atomic E-state index is -0.597. The molecule has 7 nitrogen and oxygen atoms in total. The molecule has 0 unspecified atom stereocenters. The van der Waals surface area contributed by atoms with Gasteiger partial charge in [0.1, 0.15) is 12.4 Å². The normalized spacial score (nSPS) is 14.2. The van der Waals surface area contributed by atoms with Crippen LogP contribution < -0.4 is 4.90 Å². The zero-order valence-electron chi connectivity index (χ0n) is 14.7. The Morgan fingerprint density at radius 3 is 2.35 bits per heavy atom. The van der Waals surface area contributed by atoms with Gasteiger partial charge in [0.15, 0.2) is 0 Å². The molecular formula is C17H21ClFN3O4. The van der Waals surface area contributed by atoms with Gasteiger partial charge in [0.25, 0.3) is 0 Å². The minimum Gasteiger partial charge on any atom is -0.450 e. The van der Waals surface area contributed by atoms with E-state index in [1.807, 2.05) is 0 Å². The first-order valence-electron chi connectivity index (χ1n) is 8.26. The zero-order chi connectivity index (χ0) is 19.3. The summed E-state index contributed by atoms with van der Waals surface area (Å²) in [6, 6.07) is 3.86. The maximum absolute atomic E-state index is 13.3. The highest BCUT2D eigenvalue weighted by Gasteiger charge is 2.27. The van der Waals surface area contributed by atoms with Crippen molar-refractivity contribution in [3.05, 3.63) is 29.0 Å². The van der Waals surface area contributed by atoms with E-state index in [1.165, 1.54) is 28.9 Å². The van der Waals surface area contributed by atoms with Crippen molar-refractivity contribution in [2.45, 2.75) is 13.8 Å². The standard InChI is InChI=1S/C17H21ClFN3O4/c1-3-26-17(25)21-8-6-20(7-9-21)16(24)11-22(12(2)23)13-4-5-15(19)14(18)10-13/h4-5,10H,3,6-9,11H2,1-2H3. The number of carbonyl (C=O) groups excluding carboxylic acids is 3. The number of benzene rings is 1. The van der Waals surface area contributed by atoms with Gasteiger partial charge in [0.05, 0.1) is 11.6 Å². The molecular weight excluding hydrogens is 365 g/mol. The summed E-state index contributed by atoms with van der Waals surface area (Å²) in [4.78, 5) is 40.5. The van der Waals surface area contributed by atoms with Crippen LogP contribution in [0, 0.1) is 5.82 Å². The van der Waals surface area contributed by atoms with Crippen molar-refractivity contribution < 1.29 is 23.5 Å². The quantitative estimate of drug-likeness (QED) is 0.796. The fraction of sp³-hybridized carbons (Fsp3) is 0.471. The largest absolute Gasteiger partial charge is 0.450 e. The molecule has 0 spiro atoms. The minimum absolute atomic E-state index is 0.121. The van der Waals surface area contributed by atoms with Crippen LogP contribution in [0.1, 0.15) is 13.8 Å². The first-order valence-corrected chi connectivity index (χ1v) is 8.64. The topological polar surface area (TPSA) is 70.2 Å². The van der Waals surface area contributed by atoms with Gasteiger partial charge in [-0.25, -0.2) is 9.18 Å². The van der Waals surface area contributed by atoms with Crippen LogP contribution >= 0.6 is 11.6 Å². The van der Waals surface area contributed by atoms with Crippen LogP contribution in [0.25, 0.3) is 0 Å². The third-order valence-corrected chi connectivity index (χ3v) is 4.34. The highest BCUT2D eigenvalue weighted by molar-refractivity contribution is 6.31. The van der Waals surface area contributed by atoms with Crippen molar-refractivity contribution in [2.75, 3.05) is 44.2 Å². The summed E-state index contributed by atoms with van der Waals surface area (Å²) in [5.41, 5.74) is 0.349. The molecule has 0 aromatic heterocycles. The zero-order valence-corrected chi connectivity index (χ0v) is 15.5. The predicted molar refractivity (Wildman–Crippen MR) is 94.6 cm³/mol. The third-order valence-electron chi connectivity index (χ3n) is 4.05. The Morgan fingerprint density at radius 1 is 1.19 bits per heavy atom. The molecule has 0 atom stereocenters. The number of hydrogen-bond donors (Lipinski definition) is 0. The molecule has 1 saturated heterocycles. The summed E-state index contributed by atoms with van der Waals surface area (Å²) in [5.74, 6) is -1.21. The summed E-state index contributed by atoms with van der Waals surface area (Å²) in [7, 11) is 0. The molecule has 0 radical (unpaired) electrons. The Bertz CT molecular complexity index is 693. The van der Waals surface area contributed by atoms with Crippen LogP contribution in [-0.4, -0.2) is 67.0 Å². The Labute approximate surface area is 156 Å². The molecule has 1 aliphatic rings. The highest BCUT2D eigenvalue weighted by atomic mass is 35.5. The van der Waals surface area contributed by atoms with E-state index in [4.69, 9.17) is 16.3 Å². The monoisotopic (exact) mass is 385 g/mol. The molecule has 26 heavy (non-hydrogen) atoms. The Morgan fingerprint density at radius 2 is 1.81 bits per heavy atom. The highest BCUT2D eigenvalue weighted by Crippen LogP contribution is 2.23. The Balaban J connectivity index is 1.99. The van der Waals surface area contributed by atoms with Crippen molar-refractivity contribution in [3.8, 4) is 0 Å². The van der Waals surface area contributed by atoms with Gasteiger partial charge in [0.2, 0.25) is 11.8 Å². The molecule has 2 rings (SSSR count). The maximum atomic E-state index is 13.3. The number of nitrogens with zero attached hydrogens (tertiary/aromatic N) is 3. The lowest BCUT2D eigenvalue weighted by atomic mass is 10.2. The summed E-state index contributed by atoms with van der Waals surface area (Å²) in [6.45, 7) is 4.61. The van der Waals surface area contributed by atoms with Crippen molar-refractivity contribution in [1.82, 2.24) is 9.80 Å². The van der Waals surface area contributed by atoms with E-state index >= 15 is 0 Å². The molecule has 0 bridgehead atoms. The van der Waals surface area contributed by atoms with E-state index < -0.39 is 11.9 Å². The average molecular weight is 386 g/mol. The number of rotatable bonds is 4. The maximum Gasteiger partial charge on any atom is 0.409 e. The summed E-state index contributed by atoms with van der Waals surface area (Å²) >= 11 is 5.76. The molecule has 1 heterocycles. The number of piperazine rings is 1. The number of ether oxygens (including phenoxy) is 1. The van der Waals surface area contributed by atoms with E-state index in [0.29, 0.717) is 38.5 Å². The van der Waals surface area contributed by atoms with Crippen molar-refractivity contribution in [1.29, 1.82) is 0 Å². The van der Waals surface area contributed by atoms with Crippen LogP contribution in [0.4, 0.5) is 14.9 Å². The number of halogens is 2. The Hall–Kier alpha value is -2.35. The van der Waals surface area contributed by atoms with Crippen LogP contribution in [-0.2, 0) is 14.3 Å². The molecule has 142 valence electrons. The van der Waals surface area contributed by atoms with Gasteiger partial charge in [-0.1, -0.05) is 11.6 Å². The molecule has 1 fully saturated rings. The van der Waals surface area contributed by atoms with Crippen molar-refractivity contribution >= 4 is 35.2 Å². The van der Waals surface area contributed by atoms with Gasteiger partial charge in [-0.15, -0.1) is 0 Å². The fourth-order valence-electron chi connectivity index (χ4n) is 2.63. The molecule has 0 aliphatic carbocycles. The molecule has 9 heteroatoms. The van der Waals surface area contributed by atoms with Gasteiger partial charge in [-0.3, -0.25) is 9.59 Å². The van der Waals surface area contributed by atoms with Gasteiger partial charge in [-0.05, 0) is 25.1 Å². The lowest BCUT2D eigenvalue weighted by molar-refractivity contribution is -0.132. The number of amides is 3. The van der Waals surface area contributed by atoms with Crippen LogP contribution in [0.2, 0.25) is 5.02 Å². The molecule has 1 aromatic carbocycles. The predicted octanol–water partition coefficient (Wildman–Crippen LogP) is 2.13. The van der Waals surface area contributed by atoms with Gasteiger partial charge in [-0.2, -0.15) is 0 Å². The number of anilines is 1. The molecule has 3 amide bonds. The first kappa shape index (κ1) is 20.0. The average Bonchev–Trinajstić information content (AvgIpc) is 2.62. The van der Waals surface area contributed by atoms with Crippen molar-refractivity contribution in [2.24, 2.45) is 0 Å². The van der Waals surface area contributed by atoms with E-state index in [1.54, 1.807) is 11.8 Å². The van der Waals surface area contributed by atoms with Gasteiger partial charge in [0, 0.05) is 38.8 Å². The Kier molecular flexibility index (Phi) is 6.79. The van der Waals surface area contributed by atoms with E-state index in [0.717, 1.165) is 6.07 Å². The molecule has 0 saturated carbocycles. The number of carbonyl (C=O) groups is 3. The molecule has 1 aliphatic heterocycles. The van der Waals surface area contributed by atoms with Crippen molar-refractivity contribution in [3.63, 3.8) is 0 Å². The van der Waals surface area contributed by atoms with Gasteiger partial charge < -0.3 is 19.4 Å². The number of hydrogen-bond acceptors (Lipinski definition) is 4. The molecule has 0 N–H and O–H groups in total. The van der Waals surface area contributed by atoms with Crippen LogP contribution in [0.15, 0.2) is 18.2 Å². The smallest absolute Gasteiger partial charge is 0.409 e.